The highest BCUT2D eigenvalue weighted by atomic mass is 35.5. The summed E-state index contributed by atoms with van der Waals surface area (Å²) < 4.78 is 5.33. The number of halogens is 1. The lowest BCUT2D eigenvalue weighted by atomic mass is 9.78. The predicted octanol–water partition coefficient (Wildman–Crippen LogP) is 5.17. The minimum Gasteiger partial charge on any atom is -0.470 e. The lowest BCUT2D eigenvalue weighted by Crippen LogP contribution is -2.19. The molecule has 0 N–H and O–H groups in total. The smallest absolute Gasteiger partial charge is 0.288 e. The Hall–Kier alpha value is -2.40. The van der Waals surface area contributed by atoms with Gasteiger partial charge in [0.2, 0.25) is 0 Å². The van der Waals surface area contributed by atoms with Crippen molar-refractivity contribution < 1.29 is 9.34 Å². The maximum absolute atomic E-state index is 11.2. The zero-order valence-electron chi connectivity index (χ0n) is 12.2. The van der Waals surface area contributed by atoms with Crippen LogP contribution in [-0.2, 0) is 0 Å². The number of benzene rings is 1. The molecule has 2 heterocycles. The number of allylic oxidation sites excluding steroid dienone is 2. The first-order valence-corrected chi connectivity index (χ1v) is 7.81. The van der Waals surface area contributed by atoms with E-state index in [1.54, 1.807) is 24.7 Å². The maximum atomic E-state index is 11.2. The molecule has 1 atom stereocenters. The van der Waals surface area contributed by atoms with Gasteiger partial charge >= 0.3 is 0 Å². The maximum Gasteiger partial charge on any atom is 0.288 e. The number of fused-ring (bicyclic) bond motifs is 2. The van der Waals surface area contributed by atoms with Gasteiger partial charge in [0.05, 0.1) is 11.2 Å². The largest absolute Gasteiger partial charge is 0.470 e. The zero-order valence-corrected chi connectivity index (χ0v) is 12.9. The van der Waals surface area contributed by atoms with Crippen molar-refractivity contribution >= 4 is 28.7 Å². The Morgan fingerprint density at radius 1 is 1.35 bits per heavy atom. The number of furan rings is 1. The number of aliphatic imine (C=N–C) groups is 1. The summed E-state index contributed by atoms with van der Waals surface area (Å²) in [4.78, 5) is 15.4. The fourth-order valence-electron chi connectivity index (χ4n) is 3.32. The molecule has 1 aliphatic carbocycles. The number of rotatable bonds is 2. The summed E-state index contributed by atoms with van der Waals surface area (Å²) in [6.45, 7) is 0. The molecule has 0 saturated carbocycles. The molecular formula is C17H13ClN2O3. The molecule has 1 aromatic carbocycles. The van der Waals surface area contributed by atoms with E-state index in [2.05, 4.69) is 11.1 Å². The van der Waals surface area contributed by atoms with Gasteiger partial charge in [-0.25, -0.2) is 4.99 Å². The second kappa shape index (κ2) is 5.35. The summed E-state index contributed by atoms with van der Waals surface area (Å²) >= 11 is 5.95. The first-order chi connectivity index (χ1) is 11.1. The fraction of sp³-hybridized carbons (Fsp3) is 0.235. The normalized spacial score (nSPS) is 19.4. The zero-order chi connectivity index (χ0) is 16.0. The van der Waals surface area contributed by atoms with Gasteiger partial charge < -0.3 is 4.42 Å². The number of nitro groups is 1. The van der Waals surface area contributed by atoms with Crippen LogP contribution in [-0.4, -0.2) is 10.6 Å². The van der Waals surface area contributed by atoms with Gasteiger partial charge in [-0.15, -0.1) is 0 Å². The average Bonchev–Trinajstić information content (AvgIpc) is 3.01. The summed E-state index contributed by atoms with van der Waals surface area (Å²) in [5, 5.41) is 11.3. The van der Waals surface area contributed by atoms with Crippen LogP contribution < -0.4 is 0 Å². The minimum atomic E-state index is -0.449. The van der Waals surface area contributed by atoms with Gasteiger partial charge in [-0.3, -0.25) is 10.1 Å². The van der Waals surface area contributed by atoms with Crippen molar-refractivity contribution in [1.29, 1.82) is 0 Å². The van der Waals surface area contributed by atoms with Crippen molar-refractivity contribution in [3.63, 3.8) is 0 Å². The van der Waals surface area contributed by atoms with E-state index >= 15 is 0 Å². The van der Waals surface area contributed by atoms with Crippen molar-refractivity contribution in [2.75, 3.05) is 0 Å². The SMILES string of the molecule is O=[N+]([O-])c1cc([C@@H]2C3=CCCCC3=Nc3cocc32)ccc1Cl. The van der Waals surface area contributed by atoms with Crippen molar-refractivity contribution in [1.82, 2.24) is 0 Å². The molecule has 0 bridgehead atoms. The molecule has 1 aromatic heterocycles. The highest BCUT2D eigenvalue weighted by Crippen LogP contribution is 2.45. The Morgan fingerprint density at radius 2 is 2.22 bits per heavy atom. The summed E-state index contributed by atoms with van der Waals surface area (Å²) in [5.74, 6) is -0.0903. The first-order valence-electron chi connectivity index (χ1n) is 7.43. The minimum absolute atomic E-state index is 0.0744. The van der Waals surface area contributed by atoms with Crippen LogP contribution >= 0.6 is 11.6 Å². The van der Waals surface area contributed by atoms with E-state index in [9.17, 15) is 10.1 Å². The van der Waals surface area contributed by atoms with Gasteiger partial charge in [-0.2, -0.15) is 0 Å². The van der Waals surface area contributed by atoms with Crippen molar-refractivity contribution in [3.8, 4) is 0 Å². The van der Waals surface area contributed by atoms with Gasteiger partial charge in [0.25, 0.3) is 5.69 Å². The van der Waals surface area contributed by atoms with Crippen LogP contribution in [0.2, 0.25) is 5.02 Å². The molecule has 6 heteroatoms. The second-order valence-electron chi connectivity index (χ2n) is 5.72. The van der Waals surface area contributed by atoms with Crippen molar-refractivity contribution in [2.24, 2.45) is 4.99 Å². The van der Waals surface area contributed by atoms with E-state index in [4.69, 9.17) is 16.0 Å². The van der Waals surface area contributed by atoms with Crippen LogP contribution in [0.15, 0.2) is 51.8 Å². The topological polar surface area (TPSA) is 68.6 Å². The molecule has 0 unspecified atom stereocenters. The predicted molar refractivity (Wildman–Crippen MR) is 87.7 cm³/mol. The molecule has 4 rings (SSSR count). The fourth-order valence-corrected chi connectivity index (χ4v) is 3.51. The highest BCUT2D eigenvalue weighted by molar-refractivity contribution is 6.32. The average molecular weight is 329 g/mol. The van der Waals surface area contributed by atoms with Crippen LogP contribution in [0.3, 0.4) is 0 Å². The third-order valence-corrected chi connectivity index (χ3v) is 4.68. The van der Waals surface area contributed by atoms with Gasteiger partial charge in [-0.1, -0.05) is 23.7 Å². The Balaban J connectivity index is 1.90. The number of nitro benzene ring substituents is 1. The Morgan fingerprint density at radius 3 is 3.04 bits per heavy atom. The third kappa shape index (κ3) is 2.28. The summed E-state index contributed by atoms with van der Waals surface area (Å²) in [6.07, 6.45) is 8.48. The molecule has 2 aliphatic rings. The molecule has 0 amide bonds. The van der Waals surface area contributed by atoms with Crippen molar-refractivity contribution in [3.05, 3.63) is 68.6 Å². The molecule has 0 radical (unpaired) electrons. The van der Waals surface area contributed by atoms with Gasteiger partial charge in [0, 0.05) is 23.3 Å². The Labute approximate surface area is 137 Å². The van der Waals surface area contributed by atoms with Gasteiger partial charge in [0.1, 0.15) is 17.0 Å². The first kappa shape index (κ1) is 14.2. The summed E-state index contributed by atoms with van der Waals surface area (Å²) in [7, 11) is 0. The number of hydrogen-bond donors (Lipinski definition) is 0. The summed E-state index contributed by atoms with van der Waals surface area (Å²) in [5.41, 5.74) is 4.69. The standard InChI is InChI=1S/C17H13ClN2O3/c18-13-6-5-10(7-16(13)20(21)22)17-11-3-1-2-4-14(11)19-15-9-23-8-12(15)17/h3,5-9,17H,1-2,4H2/t17-/m1/s1. The lowest BCUT2D eigenvalue weighted by molar-refractivity contribution is -0.384. The molecule has 0 spiro atoms. The molecule has 116 valence electrons. The Kier molecular flexibility index (Phi) is 3.31. The van der Waals surface area contributed by atoms with Gasteiger partial charge in [0.15, 0.2) is 0 Å². The quantitative estimate of drug-likeness (QED) is 0.564. The third-order valence-electron chi connectivity index (χ3n) is 4.36. The van der Waals surface area contributed by atoms with E-state index in [1.807, 2.05) is 6.07 Å². The molecular weight excluding hydrogens is 316 g/mol. The Bertz CT molecular complexity index is 866. The van der Waals surface area contributed by atoms with Crippen molar-refractivity contribution in [2.45, 2.75) is 25.2 Å². The van der Waals surface area contributed by atoms with Crippen LogP contribution in [0, 0.1) is 10.1 Å². The molecule has 0 saturated heterocycles. The monoisotopic (exact) mass is 328 g/mol. The summed E-state index contributed by atoms with van der Waals surface area (Å²) in [6, 6.07) is 4.99. The van der Waals surface area contributed by atoms with Crippen LogP contribution in [0.25, 0.3) is 0 Å². The molecule has 1 aliphatic heterocycles. The molecule has 23 heavy (non-hydrogen) atoms. The lowest BCUT2D eigenvalue weighted by Gasteiger charge is -2.28. The van der Waals surface area contributed by atoms with E-state index in [-0.39, 0.29) is 16.6 Å². The van der Waals surface area contributed by atoms with E-state index in [0.717, 1.165) is 47.4 Å². The van der Waals surface area contributed by atoms with E-state index in [1.165, 1.54) is 0 Å². The van der Waals surface area contributed by atoms with Crippen LogP contribution in [0.4, 0.5) is 11.4 Å². The highest BCUT2D eigenvalue weighted by Gasteiger charge is 2.32. The molecule has 2 aromatic rings. The molecule has 5 nitrogen and oxygen atoms in total. The second-order valence-corrected chi connectivity index (χ2v) is 6.13. The number of hydrogen-bond acceptors (Lipinski definition) is 4. The van der Waals surface area contributed by atoms with E-state index in [0.29, 0.717) is 0 Å². The van der Waals surface area contributed by atoms with Gasteiger partial charge in [-0.05, 0) is 36.5 Å². The van der Waals surface area contributed by atoms with Crippen LogP contribution in [0.5, 0.6) is 0 Å². The van der Waals surface area contributed by atoms with Crippen LogP contribution in [0.1, 0.15) is 36.3 Å². The number of nitrogens with zero attached hydrogens (tertiary/aromatic N) is 2. The molecule has 0 fully saturated rings. The van der Waals surface area contributed by atoms with E-state index < -0.39 is 4.92 Å².